The molecule has 2 aromatic rings. The van der Waals surface area contributed by atoms with Gasteiger partial charge in [0, 0.05) is 22.8 Å². The zero-order valence-corrected chi connectivity index (χ0v) is 10.5. The molecule has 0 aromatic heterocycles. The molecule has 94 valence electrons. The minimum atomic E-state index is -0.441. The molecule has 0 aliphatic rings. The molecule has 0 saturated carbocycles. The van der Waals surface area contributed by atoms with Gasteiger partial charge in [0.2, 0.25) is 0 Å². The summed E-state index contributed by atoms with van der Waals surface area (Å²) in [6.07, 6.45) is 0. The first-order valence-electron chi connectivity index (χ1n) is 5.26. The number of nitrogens with one attached hydrogen (secondary N) is 1. The molecule has 0 fully saturated rings. The third-order valence-electron chi connectivity index (χ3n) is 2.44. The van der Waals surface area contributed by atoms with Crippen molar-refractivity contribution in [1.82, 2.24) is 0 Å². The van der Waals surface area contributed by atoms with Crippen LogP contribution in [0, 0.1) is 5.82 Å². The summed E-state index contributed by atoms with van der Waals surface area (Å²) >= 11 is 5.78. The maximum atomic E-state index is 13.7. The van der Waals surface area contributed by atoms with E-state index in [9.17, 15) is 4.39 Å². The molecule has 2 rings (SSSR count). The van der Waals surface area contributed by atoms with Crippen LogP contribution >= 0.6 is 11.6 Å². The van der Waals surface area contributed by atoms with Crippen molar-refractivity contribution in [3.05, 3.63) is 47.2 Å². The molecule has 0 heterocycles. The molecular weight excluding hydrogens is 255 g/mol. The summed E-state index contributed by atoms with van der Waals surface area (Å²) in [5, 5.41) is 3.55. The number of methoxy groups -OCH3 is 1. The molecule has 3 N–H and O–H groups in total. The molecule has 0 atom stereocenters. The quantitative estimate of drug-likeness (QED) is 0.831. The molecule has 0 radical (unpaired) electrons. The number of nitrogens with two attached hydrogens (primary N) is 1. The molecule has 3 nitrogen and oxygen atoms in total. The standard InChI is InChI=1S/C13H12ClFN2O/c1-18-13-7-12(10(15)6-11(13)16)17-9-4-2-8(14)3-5-9/h2-7,17H,16H2,1H3. The summed E-state index contributed by atoms with van der Waals surface area (Å²) < 4.78 is 18.8. The zero-order chi connectivity index (χ0) is 13.1. The van der Waals surface area contributed by atoms with Crippen LogP contribution in [0.3, 0.4) is 0 Å². The normalized spacial score (nSPS) is 10.2. The monoisotopic (exact) mass is 266 g/mol. The van der Waals surface area contributed by atoms with E-state index in [4.69, 9.17) is 22.1 Å². The highest BCUT2D eigenvalue weighted by Gasteiger charge is 2.08. The van der Waals surface area contributed by atoms with Gasteiger partial charge >= 0.3 is 0 Å². The van der Waals surface area contributed by atoms with Gasteiger partial charge < -0.3 is 15.8 Å². The van der Waals surface area contributed by atoms with Gasteiger partial charge in [0.1, 0.15) is 11.6 Å². The van der Waals surface area contributed by atoms with Crippen molar-refractivity contribution in [2.24, 2.45) is 0 Å². The minimum absolute atomic E-state index is 0.261. The van der Waals surface area contributed by atoms with Gasteiger partial charge in [0.15, 0.2) is 0 Å². The van der Waals surface area contributed by atoms with E-state index in [2.05, 4.69) is 5.32 Å². The predicted molar refractivity (Wildman–Crippen MR) is 72.1 cm³/mol. The Balaban J connectivity index is 2.31. The van der Waals surface area contributed by atoms with Gasteiger partial charge in [-0.05, 0) is 24.3 Å². The van der Waals surface area contributed by atoms with Crippen molar-refractivity contribution >= 4 is 28.7 Å². The molecule has 2 aromatic carbocycles. The highest BCUT2D eigenvalue weighted by Crippen LogP contribution is 2.30. The highest BCUT2D eigenvalue weighted by molar-refractivity contribution is 6.30. The van der Waals surface area contributed by atoms with E-state index in [1.54, 1.807) is 24.3 Å². The lowest BCUT2D eigenvalue weighted by molar-refractivity contribution is 0.416. The average molecular weight is 267 g/mol. The van der Waals surface area contributed by atoms with E-state index in [0.717, 1.165) is 5.69 Å². The minimum Gasteiger partial charge on any atom is -0.495 e. The summed E-state index contributed by atoms with van der Waals surface area (Å²) in [4.78, 5) is 0. The lowest BCUT2D eigenvalue weighted by atomic mass is 10.2. The van der Waals surface area contributed by atoms with Crippen LogP contribution in [0.2, 0.25) is 5.02 Å². The lowest BCUT2D eigenvalue weighted by Gasteiger charge is -2.11. The Kier molecular flexibility index (Phi) is 3.58. The Morgan fingerprint density at radius 3 is 2.50 bits per heavy atom. The smallest absolute Gasteiger partial charge is 0.148 e. The summed E-state index contributed by atoms with van der Waals surface area (Å²) in [6, 6.07) is 9.68. The summed E-state index contributed by atoms with van der Waals surface area (Å²) in [5.41, 5.74) is 6.89. The van der Waals surface area contributed by atoms with Gasteiger partial charge in [-0.2, -0.15) is 0 Å². The molecule has 0 spiro atoms. The lowest BCUT2D eigenvalue weighted by Crippen LogP contribution is -1.98. The summed E-state index contributed by atoms with van der Waals surface area (Å²) in [7, 11) is 1.48. The number of hydrogen-bond donors (Lipinski definition) is 2. The van der Waals surface area contributed by atoms with Crippen LogP contribution in [-0.2, 0) is 0 Å². The van der Waals surface area contributed by atoms with Crippen molar-refractivity contribution in [3.63, 3.8) is 0 Å². The third-order valence-corrected chi connectivity index (χ3v) is 2.69. The van der Waals surface area contributed by atoms with Crippen molar-refractivity contribution in [2.75, 3.05) is 18.2 Å². The van der Waals surface area contributed by atoms with E-state index in [1.807, 2.05) is 0 Å². The number of ether oxygens (including phenoxy) is 1. The Bertz CT molecular complexity index is 558. The van der Waals surface area contributed by atoms with Crippen LogP contribution in [0.1, 0.15) is 0 Å². The van der Waals surface area contributed by atoms with Gasteiger partial charge in [-0.15, -0.1) is 0 Å². The van der Waals surface area contributed by atoms with Gasteiger partial charge in [-0.1, -0.05) is 11.6 Å². The summed E-state index contributed by atoms with van der Waals surface area (Å²) in [5.74, 6) is -0.0175. The Hall–Kier alpha value is -1.94. The van der Waals surface area contributed by atoms with Crippen LogP contribution in [0.25, 0.3) is 0 Å². The van der Waals surface area contributed by atoms with Gasteiger partial charge in [-0.3, -0.25) is 0 Å². The molecule has 0 unspecified atom stereocenters. The SMILES string of the molecule is COc1cc(Nc2ccc(Cl)cc2)c(F)cc1N. The van der Waals surface area contributed by atoms with E-state index < -0.39 is 5.82 Å². The van der Waals surface area contributed by atoms with Crippen LogP contribution < -0.4 is 15.8 Å². The van der Waals surface area contributed by atoms with Crippen molar-refractivity contribution in [2.45, 2.75) is 0 Å². The van der Waals surface area contributed by atoms with Crippen LogP contribution in [-0.4, -0.2) is 7.11 Å². The number of nitrogen functional groups attached to an aromatic ring is 1. The second kappa shape index (κ2) is 5.14. The average Bonchev–Trinajstić information content (AvgIpc) is 2.35. The number of rotatable bonds is 3. The first-order chi connectivity index (χ1) is 8.60. The Morgan fingerprint density at radius 2 is 1.89 bits per heavy atom. The largest absolute Gasteiger partial charge is 0.495 e. The van der Waals surface area contributed by atoms with E-state index >= 15 is 0 Å². The molecule has 18 heavy (non-hydrogen) atoms. The molecular formula is C13H12ClFN2O. The molecule has 0 aliphatic carbocycles. The second-order valence-electron chi connectivity index (χ2n) is 3.71. The molecule has 0 saturated heterocycles. The van der Waals surface area contributed by atoms with Crippen LogP contribution in [0.15, 0.2) is 36.4 Å². The van der Waals surface area contributed by atoms with Crippen molar-refractivity contribution in [1.29, 1.82) is 0 Å². The van der Waals surface area contributed by atoms with Crippen molar-refractivity contribution in [3.8, 4) is 5.75 Å². The molecule has 5 heteroatoms. The second-order valence-corrected chi connectivity index (χ2v) is 4.14. The first kappa shape index (κ1) is 12.5. The fraction of sp³-hybridized carbons (Fsp3) is 0.0769. The number of hydrogen-bond acceptors (Lipinski definition) is 3. The number of halogens is 2. The maximum Gasteiger partial charge on any atom is 0.148 e. The fourth-order valence-electron chi connectivity index (χ4n) is 1.53. The molecule has 0 amide bonds. The Labute approximate surface area is 109 Å². The first-order valence-corrected chi connectivity index (χ1v) is 5.63. The summed E-state index contributed by atoms with van der Waals surface area (Å²) in [6.45, 7) is 0. The van der Waals surface area contributed by atoms with Gasteiger partial charge in [-0.25, -0.2) is 4.39 Å². The van der Waals surface area contributed by atoms with E-state index in [0.29, 0.717) is 16.5 Å². The van der Waals surface area contributed by atoms with E-state index in [1.165, 1.54) is 19.2 Å². The zero-order valence-electron chi connectivity index (χ0n) is 9.71. The van der Waals surface area contributed by atoms with Gasteiger partial charge in [0.25, 0.3) is 0 Å². The number of benzene rings is 2. The van der Waals surface area contributed by atoms with Gasteiger partial charge in [0.05, 0.1) is 18.5 Å². The molecule has 0 aliphatic heterocycles. The Morgan fingerprint density at radius 1 is 1.22 bits per heavy atom. The third kappa shape index (κ3) is 2.65. The van der Waals surface area contributed by atoms with Crippen LogP contribution in [0.5, 0.6) is 5.75 Å². The van der Waals surface area contributed by atoms with Crippen LogP contribution in [0.4, 0.5) is 21.5 Å². The molecule has 0 bridgehead atoms. The number of anilines is 3. The van der Waals surface area contributed by atoms with E-state index in [-0.39, 0.29) is 5.69 Å². The highest BCUT2D eigenvalue weighted by atomic mass is 35.5. The van der Waals surface area contributed by atoms with Crippen molar-refractivity contribution < 1.29 is 9.13 Å². The fourth-order valence-corrected chi connectivity index (χ4v) is 1.66. The topological polar surface area (TPSA) is 47.3 Å². The maximum absolute atomic E-state index is 13.7. The predicted octanol–water partition coefficient (Wildman–Crippen LogP) is 3.81.